The summed E-state index contributed by atoms with van der Waals surface area (Å²) in [7, 11) is 1.53. The third kappa shape index (κ3) is 3.29. The van der Waals surface area contributed by atoms with Crippen LogP contribution in [0.3, 0.4) is 0 Å². The van der Waals surface area contributed by atoms with Crippen LogP contribution in [0.1, 0.15) is 17.2 Å². The van der Waals surface area contributed by atoms with Crippen LogP contribution in [0.2, 0.25) is 0 Å². The van der Waals surface area contributed by atoms with Crippen LogP contribution in [0.15, 0.2) is 69.9 Å². The van der Waals surface area contributed by atoms with Gasteiger partial charge in [-0.25, -0.2) is 9.59 Å². The van der Waals surface area contributed by atoms with Crippen molar-refractivity contribution in [2.75, 3.05) is 7.11 Å². The van der Waals surface area contributed by atoms with Gasteiger partial charge >= 0.3 is 11.6 Å². The van der Waals surface area contributed by atoms with Gasteiger partial charge in [-0.3, -0.25) is 0 Å². The van der Waals surface area contributed by atoms with E-state index in [-0.39, 0.29) is 0 Å². The van der Waals surface area contributed by atoms with Crippen LogP contribution in [-0.2, 0) is 4.79 Å². The fourth-order valence-electron chi connectivity index (χ4n) is 3.36. The average Bonchev–Trinajstić information content (AvgIpc) is 2.74. The van der Waals surface area contributed by atoms with Gasteiger partial charge in [0.1, 0.15) is 17.1 Å². The minimum absolute atomic E-state index is 0.338. The van der Waals surface area contributed by atoms with Gasteiger partial charge in [0.25, 0.3) is 0 Å². The summed E-state index contributed by atoms with van der Waals surface area (Å²) in [5, 5.41) is 11.5. The maximum absolute atomic E-state index is 12.5. The summed E-state index contributed by atoms with van der Waals surface area (Å²) in [6, 6.07) is 17.4. The summed E-state index contributed by atoms with van der Waals surface area (Å²) in [5.74, 6) is -0.208. The van der Waals surface area contributed by atoms with Gasteiger partial charge in [-0.1, -0.05) is 30.3 Å². The number of methoxy groups -OCH3 is 1. The molecule has 6 nitrogen and oxygen atoms in total. The van der Waals surface area contributed by atoms with Crippen molar-refractivity contribution in [1.29, 1.82) is 0 Å². The van der Waals surface area contributed by atoms with Gasteiger partial charge in [0.2, 0.25) is 6.10 Å². The number of ether oxygens (including phenoxy) is 2. The number of hydrogen-bond donors (Lipinski definition) is 1. The first-order valence-corrected chi connectivity index (χ1v) is 8.98. The van der Waals surface area contributed by atoms with Crippen LogP contribution in [0.4, 0.5) is 0 Å². The lowest BCUT2D eigenvalue weighted by molar-refractivity contribution is -0.145. The molecule has 0 amide bonds. The molecule has 0 spiro atoms. The molecule has 0 radical (unpaired) electrons. The molecule has 4 rings (SSSR count). The Morgan fingerprint density at radius 1 is 1.00 bits per heavy atom. The summed E-state index contributed by atoms with van der Waals surface area (Å²) >= 11 is 0. The summed E-state index contributed by atoms with van der Waals surface area (Å²) in [4.78, 5) is 24.3. The highest BCUT2D eigenvalue weighted by molar-refractivity contribution is 6.06. The maximum atomic E-state index is 12.5. The van der Waals surface area contributed by atoms with Gasteiger partial charge in [-0.2, -0.15) is 0 Å². The second kappa shape index (κ2) is 7.31. The van der Waals surface area contributed by atoms with E-state index in [4.69, 9.17) is 13.9 Å². The van der Waals surface area contributed by atoms with Crippen molar-refractivity contribution in [2.24, 2.45) is 0 Å². The molecule has 1 atom stereocenters. The van der Waals surface area contributed by atoms with Crippen LogP contribution in [0, 0.1) is 6.92 Å². The smallest absolute Gasteiger partial charge is 0.349 e. The Hall–Kier alpha value is -3.80. The van der Waals surface area contributed by atoms with Gasteiger partial charge in [-0.05, 0) is 37.3 Å². The van der Waals surface area contributed by atoms with Crippen LogP contribution in [0.25, 0.3) is 21.7 Å². The van der Waals surface area contributed by atoms with E-state index in [1.165, 1.54) is 7.11 Å². The second-order valence-corrected chi connectivity index (χ2v) is 6.61. The van der Waals surface area contributed by atoms with Crippen molar-refractivity contribution >= 4 is 27.7 Å². The lowest BCUT2D eigenvalue weighted by Crippen LogP contribution is -2.18. The topological polar surface area (TPSA) is 86.0 Å². The fourth-order valence-corrected chi connectivity index (χ4v) is 3.36. The van der Waals surface area contributed by atoms with Gasteiger partial charge in [0.05, 0.1) is 12.5 Å². The standard InChI is InChI=1S/C23H18O6/c1-13-19(28-21(22(24)25)14-6-4-3-5-7-14)11-10-17-16-9-8-15(27-2)12-18(16)23(26)29-20(13)17/h3-12,21H,1-2H3,(H,24,25)/t21-/m0/s1. The summed E-state index contributed by atoms with van der Waals surface area (Å²) in [5.41, 5.74) is 0.943. The molecule has 0 aliphatic heterocycles. The molecule has 146 valence electrons. The first-order chi connectivity index (χ1) is 14.0. The zero-order chi connectivity index (χ0) is 20.5. The Balaban J connectivity index is 1.85. The minimum Gasteiger partial charge on any atom is -0.497 e. The number of aryl methyl sites for hydroxylation is 1. The third-order valence-corrected chi connectivity index (χ3v) is 4.86. The first-order valence-electron chi connectivity index (χ1n) is 8.98. The number of carbonyl (C=O) groups is 1. The van der Waals surface area contributed by atoms with Crippen LogP contribution < -0.4 is 15.1 Å². The van der Waals surface area contributed by atoms with E-state index < -0.39 is 17.7 Å². The largest absolute Gasteiger partial charge is 0.497 e. The first kappa shape index (κ1) is 18.6. The molecular weight excluding hydrogens is 372 g/mol. The molecule has 0 saturated heterocycles. The molecule has 0 saturated carbocycles. The lowest BCUT2D eigenvalue weighted by atomic mass is 10.0. The van der Waals surface area contributed by atoms with Gasteiger partial charge in [0.15, 0.2) is 0 Å². The Kier molecular flexibility index (Phi) is 4.68. The molecular formula is C23H18O6. The quantitative estimate of drug-likeness (QED) is 0.400. The van der Waals surface area contributed by atoms with Crippen molar-refractivity contribution in [1.82, 2.24) is 0 Å². The SMILES string of the molecule is COc1ccc2c(c1)c(=O)oc1c(C)c(O[C@H](C(=O)O)c3ccccc3)ccc12. The number of carboxylic acid groups (broad SMARTS) is 1. The van der Waals surface area contributed by atoms with Gasteiger partial charge in [-0.15, -0.1) is 0 Å². The second-order valence-electron chi connectivity index (χ2n) is 6.61. The number of aliphatic carboxylic acids is 1. The van der Waals surface area contributed by atoms with Crippen molar-refractivity contribution < 1.29 is 23.8 Å². The zero-order valence-electron chi connectivity index (χ0n) is 15.8. The van der Waals surface area contributed by atoms with Crippen molar-refractivity contribution in [3.63, 3.8) is 0 Å². The molecule has 29 heavy (non-hydrogen) atoms. The van der Waals surface area contributed by atoms with E-state index in [2.05, 4.69) is 0 Å². The van der Waals surface area contributed by atoms with E-state index in [1.54, 1.807) is 67.6 Å². The average molecular weight is 390 g/mol. The van der Waals surface area contributed by atoms with Crippen LogP contribution >= 0.6 is 0 Å². The van der Waals surface area contributed by atoms with Crippen molar-refractivity contribution in [3.05, 3.63) is 82.2 Å². The van der Waals surface area contributed by atoms with E-state index in [0.29, 0.717) is 33.6 Å². The fraction of sp³-hybridized carbons (Fsp3) is 0.130. The maximum Gasteiger partial charge on any atom is 0.349 e. The van der Waals surface area contributed by atoms with E-state index in [9.17, 15) is 14.7 Å². The monoisotopic (exact) mass is 390 g/mol. The normalized spacial score (nSPS) is 12.1. The molecule has 0 aliphatic carbocycles. The number of benzene rings is 3. The van der Waals surface area contributed by atoms with E-state index in [1.807, 2.05) is 0 Å². The van der Waals surface area contributed by atoms with Gasteiger partial charge in [0, 0.05) is 21.9 Å². The predicted octanol–water partition coefficient (Wildman–Crippen LogP) is 4.47. The Bertz CT molecular complexity index is 1270. The summed E-state index contributed by atoms with van der Waals surface area (Å²) < 4.78 is 16.5. The van der Waals surface area contributed by atoms with E-state index >= 15 is 0 Å². The van der Waals surface area contributed by atoms with Crippen molar-refractivity contribution in [3.8, 4) is 11.5 Å². The number of carboxylic acids is 1. The molecule has 0 aliphatic rings. The Morgan fingerprint density at radius 2 is 1.72 bits per heavy atom. The Labute approximate surface area is 165 Å². The predicted molar refractivity (Wildman–Crippen MR) is 109 cm³/mol. The number of rotatable bonds is 5. The molecule has 6 heteroatoms. The number of fused-ring (bicyclic) bond motifs is 3. The third-order valence-electron chi connectivity index (χ3n) is 4.86. The van der Waals surface area contributed by atoms with Gasteiger partial charge < -0.3 is 19.0 Å². The van der Waals surface area contributed by atoms with Crippen molar-refractivity contribution in [2.45, 2.75) is 13.0 Å². The highest BCUT2D eigenvalue weighted by Gasteiger charge is 2.23. The highest BCUT2D eigenvalue weighted by atomic mass is 16.5. The molecule has 1 heterocycles. The molecule has 3 aromatic carbocycles. The summed E-state index contributed by atoms with van der Waals surface area (Å²) in [6.45, 7) is 1.74. The lowest BCUT2D eigenvalue weighted by Gasteiger charge is -2.18. The van der Waals surface area contributed by atoms with E-state index in [0.717, 1.165) is 10.8 Å². The molecule has 0 bridgehead atoms. The molecule has 1 N–H and O–H groups in total. The van der Waals surface area contributed by atoms with Crippen LogP contribution in [-0.4, -0.2) is 18.2 Å². The Morgan fingerprint density at radius 3 is 2.41 bits per heavy atom. The molecule has 1 aromatic heterocycles. The minimum atomic E-state index is -1.18. The summed E-state index contributed by atoms with van der Waals surface area (Å²) in [6.07, 6.45) is -1.18. The molecule has 4 aromatic rings. The highest BCUT2D eigenvalue weighted by Crippen LogP contribution is 2.34. The zero-order valence-corrected chi connectivity index (χ0v) is 15.8. The number of hydrogen-bond acceptors (Lipinski definition) is 5. The molecule has 0 fully saturated rings. The van der Waals surface area contributed by atoms with Crippen LogP contribution in [0.5, 0.6) is 11.5 Å². The molecule has 0 unspecified atom stereocenters.